The number of methoxy groups -OCH3 is 1. The third-order valence-corrected chi connectivity index (χ3v) is 7.57. The van der Waals surface area contributed by atoms with E-state index in [4.69, 9.17) is 4.74 Å². The number of ether oxygens (including phenoxy) is 1. The summed E-state index contributed by atoms with van der Waals surface area (Å²) in [7, 11) is -2.59. The van der Waals surface area contributed by atoms with Crippen LogP contribution in [0, 0.1) is 5.82 Å². The summed E-state index contributed by atoms with van der Waals surface area (Å²) in [5, 5.41) is 1.91. The van der Waals surface area contributed by atoms with Gasteiger partial charge in [-0.1, -0.05) is 6.07 Å². The average Bonchev–Trinajstić information content (AvgIpc) is 2.73. The Morgan fingerprint density at radius 2 is 1.74 bits per heavy atom. The van der Waals surface area contributed by atoms with E-state index in [1.54, 1.807) is 0 Å². The molecule has 1 saturated carbocycles. The van der Waals surface area contributed by atoms with Crippen LogP contribution in [0.1, 0.15) is 41.6 Å². The lowest BCUT2D eigenvalue weighted by Gasteiger charge is -2.29. The van der Waals surface area contributed by atoms with Crippen LogP contribution in [-0.4, -0.2) is 32.7 Å². The van der Waals surface area contributed by atoms with Crippen LogP contribution in [0.3, 0.4) is 0 Å². The summed E-state index contributed by atoms with van der Waals surface area (Å²) < 4.78 is 82.9. The molecule has 1 aliphatic rings. The fourth-order valence-electron chi connectivity index (χ4n) is 3.64. The summed E-state index contributed by atoms with van der Waals surface area (Å²) in [6, 6.07) is 7.00. The van der Waals surface area contributed by atoms with Crippen molar-refractivity contribution in [3.05, 3.63) is 59.4 Å². The van der Waals surface area contributed by atoms with Crippen molar-refractivity contribution >= 4 is 15.7 Å². The van der Waals surface area contributed by atoms with Crippen molar-refractivity contribution in [3.8, 4) is 5.75 Å². The molecule has 1 N–H and O–H groups in total. The van der Waals surface area contributed by atoms with Gasteiger partial charge in [0, 0.05) is 17.7 Å². The van der Waals surface area contributed by atoms with Crippen molar-refractivity contribution in [1.29, 1.82) is 0 Å². The molecular weight excluding hydrogens is 438 g/mol. The molecule has 0 aromatic heterocycles. The zero-order valence-electron chi connectivity index (χ0n) is 16.6. The smallest absolute Gasteiger partial charge is 0.416 e. The second kappa shape index (κ2) is 8.86. The summed E-state index contributed by atoms with van der Waals surface area (Å²) >= 11 is 0. The summed E-state index contributed by atoms with van der Waals surface area (Å²) in [5.41, 5.74) is -0.935. The van der Waals surface area contributed by atoms with Crippen molar-refractivity contribution in [2.24, 2.45) is 0 Å². The average molecular weight is 459 g/mol. The molecule has 0 bridgehead atoms. The number of carbonyl (C=O) groups is 1. The number of amides is 1. The minimum Gasteiger partial charge on any atom is -0.497 e. The molecule has 1 aliphatic carbocycles. The second-order valence-electron chi connectivity index (χ2n) is 7.40. The highest BCUT2D eigenvalue weighted by Crippen LogP contribution is 2.34. The lowest BCUT2D eigenvalue weighted by atomic mass is 9.94. The van der Waals surface area contributed by atoms with Crippen LogP contribution in [0.5, 0.6) is 5.75 Å². The highest BCUT2D eigenvalue weighted by atomic mass is 32.2. The van der Waals surface area contributed by atoms with Gasteiger partial charge in [0.05, 0.1) is 22.8 Å². The van der Waals surface area contributed by atoms with Crippen LogP contribution in [0.4, 0.5) is 17.6 Å². The molecule has 0 unspecified atom stereocenters. The van der Waals surface area contributed by atoms with Gasteiger partial charge < -0.3 is 10.1 Å². The third-order valence-electron chi connectivity index (χ3n) is 5.31. The maximum Gasteiger partial charge on any atom is 0.416 e. The Hall–Kier alpha value is -2.62. The quantitative estimate of drug-likeness (QED) is 0.674. The number of alkyl halides is 3. The Morgan fingerprint density at radius 1 is 1.06 bits per heavy atom. The van der Waals surface area contributed by atoms with E-state index in [0.29, 0.717) is 18.9 Å². The van der Waals surface area contributed by atoms with Gasteiger partial charge in [-0.2, -0.15) is 13.2 Å². The Kier molecular flexibility index (Phi) is 6.59. The zero-order valence-corrected chi connectivity index (χ0v) is 17.4. The largest absolute Gasteiger partial charge is 0.497 e. The molecule has 2 aromatic rings. The fourth-order valence-corrected chi connectivity index (χ4v) is 5.48. The number of rotatable bonds is 5. The molecular formula is C21H21F4NO4S. The Labute approximate surface area is 177 Å². The molecule has 0 spiro atoms. The van der Waals surface area contributed by atoms with Crippen LogP contribution in [0.15, 0.2) is 47.4 Å². The van der Waals surface area contributed by atoms with Crippen molar-refractivity contribution < 1.29 is 35.5 Å². The normalized spacial score (nSPS) is 19.6. The Morgan fingerprint density at radius 3 is 2.35 bits per heavy atom. The molecule has 1 amide bonds. The first kappa shape index (κ1) is 23.1. The van der Waals surface area contributed by atoms with Gasteiger partial charge in [-0.25, -0.2) is 12.8 Å². The third kappa shape index (κ3) is 5.36. The van der Waals surface area contributed by atoms with Gasteiger partial charge in [0.1, 0.15) is 11.6 Å². The van der Waals surface area contributed by atoms with E-state index in [2.05, 4.69) is 5.32 Å². The van der Waals surface area contributed by atoms with E-state index in [9.17, 15) is 30.8 Å². The minimum atomic E-state index is -4.63. The van der Waals surface area contributed by atoms with Crippen LogP contribution in [-0.2, 0) is 16.0 Å². The number of hydrogen-bond acceptors (Lipinski definition) is 4. The molecule has 0 aliphatic heterocycles. The van der Waals surface area contributed by atoms with E-state index < -0.39 is 38.6 Å². The van der Waals surface area contributed by atoms with Crippen LogP contribution in [0.2, 0.25) is 0 Å². The van der Waals surface area contributed by atoms with Crippen LogP contribution in [0.25, 0.3) is 0 Å². The van der Waals surface area contributed by atoms with Crippen molar-refractivity contribution in [1.82, 2.24) is 5.32 Å². The minimum absolute atomic E-state index is 0.0792. The first-order valence-electron chi connectivity index (χ1n) is 9.57. The SMILES string of the molecule is COc1cc(F)cc(C(=O)NC2CCC(S(=O)(=O)c3cccc(C(F)(F)F)c3)CC2)c1. The molecule has 1 fully saturated rings. The maximum atomic E-state index is 13.6. The van der Waals surface area contributed by atoms with Gasteiger partial charge in [-0.15, -0.1) is 0 Å². The summed E-state index contributed by atoms with van der Waals surface area (Å²) in [5.74, 6) is -0.941. The van der Waals surface area contributed by atoms with Gasteiger partial charge in [-0.05, 0) is 56.0 Å². The van der Waals surface area contributed by atoms with Crippen LogP contribution >= 0.6 is 0 Å². The molecule has 0 saturated heterocycles. The van der Waals surface area contributed by atoms with E-state index in [1.165, 1.54) is 13.2 Å². The monoisotopic (exact) mass is 459 g/mol. The highest BCUT2D eigenvalue weighted by molar-refractivity contribution is 7.92. The van der Waals surface area contributed by atoms with E-state index in [1.807, 2.05) is 0 Å². The number of nitrogens with one attached hydrogen (secondary N) is 1. The molecule has 168 valence electrons. The molecule has 10 heteroatoms. The number of sulfone groups is 1. The lowest BCUT2D eigenvalue weighted by Crippen LogP contribution is -2.40. The molecule has 0 atom stereocenters. The number of hydrogen-bond donors (Lipinski definition) is 1. The number of halogens is 4. The van der Waals surface area contributed by atoms with Crippen molar-refractivity contribution in [2.75, 3.05) is 7.11 Å². The van der Waals surface area contributed by atoms with Crippen LogP contribution < -0.4 is 10.1 Å². The maximum absolute atomic E-state index is 13.6. The second-order valence-corrected chi connectivity index (χ2v) is 9.63. The van der Waals surface area contributed by atoms with Gasteiger partial charge in [-0.3, -0.25) is 4.79 Å². The van der Waals surface area contributed by atoms with Gasteiger partial charge in [0.15, 0.2) is 9.84 Å². The first-order chi connectivity index (χ1) is 14.5. The number of benzene rings is 2. The summed E-state index contributed by atoms with van der Waals surface area (Å²) in [6.07, 6.45) is -3.58. The van der Waals surface area contributed by atoms with Crippen molar-refractivity contribution in [2.45, 2.75) is 48.0 Å². The summed E-state index contributed by atoms with van der Waals surface area (Å²) in [4.78, 5) is 12.0. The summed E-state index contributed by atoms with van der Waals surface area (Å²) in [6.45, 7) is 0. The molecule has 5 nitrogen and oxygen atoms in total. The van der Waals surface area contributed by atoms with Gasteiger partial charge >= 0.3 is 6.18 Å². The van der Waals surface area contributed by atoms with E-state index in [0.717, 1.165) is 30.3 Å². The van der Waals surface area contributed by atoms with E-state index >= 15 is 0 Å². The fraction of sp³-hybridized carbons (Fsp3) is 0.381. The van der Waals surface area contributed by atoms with E-state index in [-0.39, 0.29) is 35.1 Å². The molecule has 0 radical (unpaired) electrons. The molecule has 2 aromatic carbocycles. The van der Waals surface area contributed by atoms with Crippen molar-refractivity contribution in [3.63, 3.8) is 0 Å². The van der Waals surface area contributed by atoms with Gasteiger partial charge in [0.2, 0.25) is 0 Å². The standard InChI is InChI=1S/C21H21F4NO4S/c1-30-17-10-13(9-15(22)12-17)20(27)26-16-5-7-18(8-6-16)31(28,29)19-4-2-3-14(11-19)21(23,24)25/h2-4,9-12,16,18H,5-8H2,1H3,(H,26,27). The predicted octanol–water partition coefficient (Wildman–Crippen LogP) is 4.37. The molecule has 3 rings (SSSR count). The topological polar surface area (TPSA) is 72.5 Å². The molecule has 0 heterocycles. The first-order valence-corrected chi connectivity index (χ1v) is 11.1. The Balaban J connectivity index is 1.65. The highest BCUT2D eigenvalue weighted by Gasteiger charge is 2.35. The molecule has 31 heavy (non-hydrogen) atoms. The predicted molar refractivity (Wildman–Crippen MR) is 105 cm³/mol. The number of carbonyl (C=O) groups excluding carboxylic acids is 1. The zero-order chi connectivity index (χ0) is 22.8. The van der Waals surface area contributed by atoms with Gasteiger partial charge in [0.25, 0.3) is 5.91 Å². The lowest BCUT2D eigenvalue weighted by molar-refractivity contribution is -0.137. The Bertz CT molecular complexity index is 1060.